The average Bonchev–Trinajstić information content (AvgIpc) is 2.27. The zero-order chi connectivity index (χ0) is 13.1. The van der Waals surface area contributed by atoms with Crippen LogP contribution in [0.5, 0.6) is 5.75 Å². The zero-order valence-electron chi connectivity index (χ0n) is 10.2. The van der Waals surface area contributed by atoms with E-state index in [1.807, 2.05) is 50.2 Å². The van der Waals surface area contributed by atoms with Crippen molar-refractivity contribution in [3.8, 4) is 5.75 Å². The monoisotopic (exact) mass is 352 g/mol. The van der Waals surface area contributed by atoms with E-state index >= 15 is 0 Å². The molecule has 2 aromatic carbocycles. The zero-order valence-corrected chi connectivity index (χ0v) is 12.4. The number of carbonyl (C=O) groups is 1. The number of aryl methyl sites for hydroxylation is 2. The number of hydrogen-bond acceptors (Lipinski definition) is 2. The maximum atomic E-state index is 12.0. The minimum Gasteiger partial charge on any atom is -0.423 e. The molecule has 0 aromatic heterocycles. The van der Waals surface area contributed by atoms with E-state index in [4.69, 9.17) is 4.74 Å². The van der Waals surface area contributed by atoms with Crippen molar-refractivity contribution in [1.29, 1.82) is 0 Å². The normalized spacial score (nSPS) is 10.2. The van der Waals surface area contributed by atoms with Crippen LogP contribution in [0.15, 0.2) is 42.5 Å². The van der Waals surface area contributed by atoms with E-state index in [0.29, 0.717) is 11.3 Å². The first-order chi connectivity index (χ1) is 8.56. The minimum absolute atomic E-state index is 0.315. The molecule has 0 aliphatic carbocycles. The molecule has 0 spiro atoms. The molecule has 0 aliphatic heterocycles. The second kappa shape index (κ2) is 5.52. The lowest BCUT2D eigenvalue weighted by molar-refractivity contribution is 0.0733. The van der Waals surface area contributed by atoms with Crippen LogP contribution in [-0.2, 0) is 0 Å². The van der Waals surface area contributed by atoms with E-state index in [0.717, 1.165) is 14.7 Å². The Hall–Kier alpha value is -1.36. The highest BCUT2D eigenvalue weighted by Gasteiger charge is 2.11. The van der Waals surface area contributed by atoms with E-state index in [1.165, 1.54) is 0 Å². The molecule has 0 N–H and O–H groups in total. The fourth-order valence-electron chi connectivity index (χ4n) is 1.78. The third-order valence-corrected chi connectivity index (χ3v) is 3.44. The summed E-state index contributed by atoms with van der Waals surface area (Å²) in [5, 5.41) is 0. The first kappa shape index (κ1) is 13.1. The summed E-state index contributed by atoms with van der Waals surface area (Å²) in [7, 11) is 0. The fourth-order valence-corrected chi connectivity index (χ4v) is 2.39. The van der Waals surface area contributed by atoms with Gasteiger partial charge < -0.3 is 4.74 Å². The van der Waals surface area contributed by atoms with Crippen LogP contribution in [0.3, 0.4) is 0 Å². The Morgan fingerprint density at radius 3 is 2.28 bits per heavy atom. The molecule has 2 rings (SSSR count). The number of carbonyl (C=O) groups excluding carboxylic acids is 1. The average molecular weight is 352 g/mol. The van der Waals surface area contributed by atoms with Crippen LogP contribution in [-0.4, -0.2) is 5.97 Å². The molecule has 92 valence electrons. The molecule has 18 heavy (non-hydrogen) atoms. The molecule has 0 atom stereocenters. The number of esters is 1. The van der Waals surface area contributed by atoms with Crippen molar-refractivity contribution < 1.29 is 9.53 Å². The lowest BCUT2D eigenvalue weighted by atomic mass is 10.1. The molecule has 0 radical (unpaired) electrons. The smallest absolute Gasteiger partial charge is 0.344 e. The molecule has 3 heteroatoms. The predicted molar refractivity (Wildman–Crippen MR) is 80.0 cm³/mol. The SMILES string of the molecule is Cc1cc(C)cc(OC(=O)c2ccccc2I)c1. The van der Waals surface area contributed by atoms with Gasteiger partial charge in [0.25, 0.3) is 0 Å². The lowest BCUT2D eigenvalue weighted by Gasteiger charge is -2.07. The van der Waals surface area contributed by atoms with E-state index in [-0.39, 0.29) is 5.97 Å². The maximum Gasteiger partial charge on any atom is 0.344 e. The maximum absolute atomic E-state index is 12.0. The van der Waals surface area contributed by atoms with Crippen molar-refractivity contribution >= 4 is 28.6 Å². The van der Waals surface area contributed by atoms with Gasteiger partial charge in [-0.15, -0.1) is 0 Å². The Morgan fingerprint density at radius 1 is 1.06 bits per heavy atom. The summed E-state index contributed by atoms with van der Waals surface area (Å²) < 4.78 is 6.29. The van der Waals surface area contributed by atoms with Crippen LogP contribution in [0.25, 0.3) is 0 Å². The third-order valence-electron chi connectivity index (χ3n) is 2.50. The Kier molecular flexibility index (Phi) is 4.01. The fraction of sp³-hybridized carbons (Fsp3) is 0.133. The second-order valence-corrected chi connectivity index (χ2v) is 5.35. The highest BCUT2D eigenvalue weighted by Crippen LogP contribution is 2.19. The second-order valence-electron chi connectivity index (χ2n) is 4.19. The van der Waals surface area contributed by atoms with E-state index in [1.54, 1.807) is 6.07 Å². The molecular formula is C15H13IO2. The molecule has 0 saturated heterocycles. The van der Waals surface area contributed by atoms with Crippen molar-refractivity contribution in [2.75, 3.05) is 0 Å². The van der Waals surface area contributed by atoms with Crippen molar-refractivity contribution in [3.63, 3.8) is 0 Å². The third kappa shape index (κ3) is 3.10. The summed E-state index contributed by atoms with van der Waals surface area (Å²) in [5.41, 5.74) is 2.76. The largest absolute Gasteiger partial charge is 0.423 e. The van der Waals surface area contributed by atoms with Crippen LogP contribution in [0, 0.1) is 17.4 Å². The summed E-state index contributed by atoms with van der Waals surface area (Å²) in [5.74, 6) is 0.280. The molecule has 0 bridgehead atoms. The predicted octanol–water partition coefficient (Wildman–Crippen LogP) is 4.13. The molecule has 2 nitrogen and oxygen atoms in total. The summed E-state index contributed by atoms with van der Waals surface area (Å²) >= 11 is 2.13. The highest BCUT2D eigenvalue weighted by atomic mass is 127. The molecule has 2 aromatic rings. The van der Waals surface area contributed by atoms with E-state index in [2.05, 4.69) is 22.6 Å². The summed E-state index contributed by atoms with van der Waals surface area (Å²) in [6, 6.07) is 13.2. The first-order valence-electron chi connectivity index (χ1n) is 5.61. The van der Waals surface area contributed by atoms with Crippen LogP contribution in [0.2, 0.25) is 0 Å². The molecule has 0 heterocycles. The van der Waals surface area contributed by atoms with Crippen LogP contribution >= 0.6 is 22.6 Å². The van der Waals surface area contributed by atoms with Gasteiger partial charge in [-0.05, 0) is 71.8 Å². The highest BCUT2D eigenvalue weighted by molar-refractivity contribution is 14.1. The van der Waals surface area contributed by atoms with Gasteiger partial charge in [0.15, 0.2) is 0 Å². The van der Waals surface area contributed by atoms with Crippen LogP contribution in [0.1, 0.15) is 21.5 Å². The van der Waals surface area contributed by atoms with Crippen molar-refractivity contribution in [2.24, 2.45) is 0 Å². The van der Waals surface area contributed by atoms with Crippen molar-refractivity contribution in [2.45, 2.75) is 13.8 Å². The lowest BCUT2D eigenvalue weighted by Crippen LogP contribution is -2.10. The molecule has 0 amide bonds. The van der Waals surface area contributed by atoms with Gasteiger partial charge in [0.1, 0.15) is 5.75 Å². The molecule has 0 unspecified atom stereocenters. The number of hydrogen-bond donors (Lipinski definition) is 0. The van der Waals surface area contributed by atoms with E-state index in [9.17, 15) is 4.79 Å². The summed E-state index contributed by atoms with van der Waals surface area (Å²) in [6.07, 6.45) is 0. The Labute approximate surface area is 120 Å². The van der Waals surface area contributed by atoms with Crippen molar-refractivity contribution in [1.82, 2.24) is 0 Å². The number of ether oxygens (including phenoxy) is 1. The topological polar surface area (TPSA) is 26.3 Å². The van der Waals surface area contributed by atoms with Gasteiger partial charge in [0.2, 0.25) is 0 Å². The Balaban J connectivity index is 2.24. The Morgan fingerprint density at radius 2 is 1.67 bits per heavy atom. The summed E-state index contributed by atoms with van der Waals surface area (Å²) in [6.45, 7) is 3.97. The van der Waals surface area contributed by atoms with E-state index < -0.39 is 0 Å². The molecular weight excluding hydrogens is 339 g/mol. The number of benzene rings is 2. The first-order valence-corrected chi connectivity index (χ1v) is 6.69. The Bertz CT molecular complexity index is 571. The quantitative estimate of drug-likeness (QED) is 0.462. The van der Waals surface area contributed by atoms with Gasteiger partial charge in [-0.25, -0.2) is 4.79 Å². The van der Waals surface area contributed by atoms with Gasteiger partial charge >= 0.3 is 5.97 Å². The van der Waals surface area contributed by atoms with Crippen LogP contribution in [0.4, 0.5) is 0 Å². The van der Waals surface area contributed by atoms with Crippen LogP contribution < -0.4 is 4.74 Å². The molecule has 0 fully saturated rings. The van der Waals surface area contributed by atoms with Gasteiger partial charge in [0, 0.05) is 3.57 Å². The number of halogens is 1. The van der Waals surface area contributed by atoms with Gasteiger partial charge in [-0.2, -0.15) is 0 Å². The van der Waals surface area contributed by atoms with Gasteiger partial charge in [-0.1, -0.05) is 18.2 Å². The van der Waals surface area contributed by atoms with Gasteiger partial charge in [-0.3, -0.25) is 0 Å². The van der Waals surface area contributed by atoms with Crippen molar-refractivity contribution in [3.05, 3.63) is 62.7 Å². The summed E-state index contributed by atoms with van der Waals surface area (Å²) in [4.78, 5) is 12.0. The minimum atomic E-state index is -0.315. The molecule has 0 saturated carbocycles. The number of rotatable bonds is 2. The van der Waals surface area contributed by atoms with Gasteiger partial charge in [0.05, 0.1) is 5.56 Å². The standard InChI is InChI=1S/C15H13IO2/c1-10-7-11(2)9-12(8-10)18-15(17)13-5-3-4-6-14(13)16/h3-9H,1-2H3. The molecule has 0 aliphatic rings.